The molecule has 0 aliphatic carbocycles. The van der Waals surface area contributed by atoms with Gasteiger partial charge in [0.25, 0.3) is 0 Å². The van der Waals surface area contributed by atoms with Gasteiger partial charge in [0.05, 0.1) is 12.6 Å². The number of hydrogen-bond acceptors (Lipinski definition) is 4. The fourth-order valence-corrected chi connectivity index (χ4v) is 2.21. The quantitative estimate of drug-likeness (QED) is 0.810. The molecule has 0 fully saturated rings. The third-order valence-electron chi connectivity index (χ3n) is 3.58. The SMILES string of the molecule is CC(C)Oc1ccc(NCC(=O)N(C)CCc2ccncc2)cc1. The van der Waals surface area contributed by atoms with Gasteiger partial charge < -0.3 is 15.0 Å². The molecule has 0 atom stereocenters. The average molecular weight is 327 g/mol. The van der Waals surface area contributed by atoms with E-state index < -0.39 is 0 Å². The molecule has 24 heavy (non-hydrogen) atoms. The number of nitrogens with one attached hydrogen (secondary N) is 1. The van der Waals surface area contributed by atoms with Crippen LogP contribution in [0.3, 0.4) is 0 Å². The summed E-state index contributed by atoms with van der Waals surface area (Å²) in [7, 11) is 1.82. The first-order valence-corrected chi connectivity index (χ1v) is 8.18. The van der Waals surface area contributed by atoms with Crippen LogP contribution in [0.25, 0.3) is 0 Å². The first-order valence-electron chi connectivity index (χ1n) is 8.18. The number of benzene rings is 1. The molecule has 0 unspecified atom stereocenters. The molecule has 0 aliphatic rings. The van der Waals surface area contributed by atoms with Gasteiger partial charge in [-0.1, -0.05) is 0 Å². The third kappa shape index (κ3) is 5.91. The summed E-state index contributed by atoms with van der Waals surface area (Å²) in [6.07, 6.45) is 4.52. The van der Waals surface area contributed by atoms with Crippen LogP contribution in [0.2, 0.25) is 0 Å². The molecular weight excluding hydrogens is 302 g/mol. The monoisotopic (exact) mass is 327 g/mol. The van der Waals surface area contributed by atoms with Crippen molar-refractivity contribution >= 4 is 11.6 Å². The summed E-state index contributed by atoms with van der Waals surface area (Å²) in [6, 6.07) is 11.6. The number of nitrogens with zero attached hydrogens (tertiary/aromatic N) is 2. The van der Waals surface area contributed by atoms with Gasteiger partial charge in [-0.05, 0) is 62.2 Å². The molecule has 0 aliphatic heterocycles. The Labute approximate surface area is 143 Å². The number of anilines is 1. The van der Waals surface area contributed by atoms with E-state index in [9.17, 15) is 4.79 Å². The lowest BCUT2D eigenvalue weighted by atomic mass is 10.2. The van der Waals surface area contributed by atoms with Gasteiger partial charge in [0.15, 0.2) is 0 Å². The molecule has 2 aromatic rings. The lowest BCUT2D eigenvalue weighted by molar-refractivity contribution is -0.127. The molecule has 1 aromatic carbocycles. The highest BCUT2D eigenvalue weighted by Gasteiger charge is 2.08. The van der Waals surface area contributed by atoms with E-state index in [0.29, 0.717) is 6.54 Å². The van der Waals surface area contributed by atoms with Crippen LogP contribution < -0.4 is 10.1 Å². The van der Waals surface area contributed by atoms with Crippen LogP contribution in [0.5, 0.6) is 5.75 Å². The highest BCUT2D eigenvalue weighted by Crippen LogP contribution is 2.16. The molecule has 0 bridgehead atoms. The van der Waals surface area contributed by atoms with Crippen molar-refractivity contribution < 1.29 is 9.53 Å². The van der Waals surface area contributed by atoms with E-state index in [4.69, 9.17) is 4.74 Å². The second kappa shape index (κ2) is 8.91. The van der Waals surface area contributed by atoms with Crippen molar-refractivity contribution in [2.24, 2.45) is 0 Å². The summed E-state index contributed by atoms with van der Waals surface area (Å²) in [5.41, 5.74) is 2.08. The van der Waals surface area contributed by atoms with Crippen molar-refractivity contribution in [3.63, 3.8) is 0 Å². The Morgan fingerprint density at radius 1 is 1.17 bits per heavy atom. The minimum atomic E-state index is 0.0616. The van der Waals surface area contributed by atoms with Crippen LogP contribution in [0.15, 0.2) is 48.8 Å². The Bertz CT molecular complexity index is 627. The smallest absolute Gasteiger partial charge is 0.241 e. The second-order valence-corrected chi connectivity index (χ2v) is 5.97. The largest absolute Gasteiger partial charge is 0.491 e. The Morgan fingerprint density at radius 3 is 2.46 bits per heavy atom. The number of carbonyl (C=O) groups excluding carboxylic acids is 1. The van der Waals surface area contributed by atoms with E-state index in [0.717, 1.165) is 17.9 Å². The maximum atomic E-state index is 12.2. The minimum absolute atomic E-state index is 0.0616. The standard InChI is InChI=1S/C19H25N3O2/c1-15(2)24-18-6-4-17(5-7-18)21-14-19(23)22(3)13-10-16-8-11-20-12-9-16/h4-9,11-12,15,21H,10,13-14H2,1-3H3. The molecule has 2 rings (SSSR count). The first kappa shape index (κ1) is 17.8. The normalized spacial score (nSPS) is 10.5. The number of hydrogen-bond donors (Lipinski definition) is 1. The molecule has 128 valence electrons. The number of aromatic nitrogens is 1. The van der Waals surface area contributed by atoms with Gasteiger partial charge in [0, 0.05) is 31.7 Å². The van der Waals surface area contributed by atoms with Crippen LogP contribution in [-0.4, -0.2) is 42.0 Å². The molecule has 0 radical (unpaired) electrons. The highest BCUT2D eigenvalue weighted by atomic mass is 16.5. The highest BCUT2D eigenvalue weighted by molar-refractivity contribution is 5.80. The molecule has 0 saturated carbocycles. The Kier molecular flexibility index (Phi) is 6.61. The molecule has 5 heteroatoms. The fourth-order valence-electron chi connectivity index (χ4n) is 2.21. The summed E-state index contributed by atoms with van der Waals surface area (Å²) in [6.45, 7) is 4.95. The summed E-state index contributed by atoms with van der Waals surface area (Å²) >= 11 is 0. The Morgan fingerprint density at radius 2 is 1.83 bits per heavy atom. The van der Waals surface area contributed by atoms with Crippen LogP contribution in [0.4, 0.5) is 5.69 Å². The average Bonchev–Trinajstić information content (AvgIpc) is 2.59. The second-order valence-electron chi connectivity index (χ2n) is 5.97. The van der Waals surface area contributed by atoms with Crippen LogP contribution in [0.1, 0.15) is 19.4 Å². The summed E-state index contributed by atoms with van der Waals surface area (Å²) in [5.74, 6) is 0.892. The van der Waals surface area contributed by atoms with Gasteiger partial charge in [-0.25, -0.2) is 0 Å². The zero-order chi connectivity index (χ0) is 17.4. The van der Waals surface area contributed by atoms with Crippen molar-refractivity contribution in [1.29, 1.82) is 0 Å². The lowest BCUT2D eigenvalue weighted by Gasteiger charge is -2.18. The summed E-state index contributed by atoms with van der Waals surface area (Å²) < 4.78 is 5.60. The molecule has 0 saturated heterocycles. The topological polar surface area (TPSA) is 54.5 Å². The van der Waals surface area contributed by atoms with Crippen molar-refractivity contribution in [2.45, 2.75) is 26.4 Å². The molecule has 1 amide bonds. The maximum absolute atomic E-state index is 12.2. The molecule has 1 heterocycles. The van der Waals surface area contributed by atoms with E-state index in [1.807, 2.05) is 57.3 Å². The number of carbonyl (C=O) groups is 1. The van der Waals surface area contributed by atoms with Gasteiger partial charge in [-0.2, -0.15) is 0 Å². The van der Waals surface area contributed by atoms with Crippen LogP contribution in [0, 0.1) is 0 Å². The number of amides is 1. The Balaban J connectivity index is 1.75. The third-order valence-corrected chi connectivity index (χ3v) is 3.58. The lowest BCUT2D eigenvalue weighted by Crippen LogP contribution is -2.33. The molecule has 1 N–H and O–H groups in total. The maximum Gasteiger partial charge on any atom is 0.241 e. The van der Waals surface area contributed by atoms with Gasteiger partial charge in [-0.15, -0.1) is 0 Å². The van der Waals surface area contributed by atoms with Crippen molar-refractivity contribution in [2.75, 3.05) is 25.5 Å². The van der Waals surface area contributed by atoms with Gasteiger partial charge in [0.2, 0.25) is 5.91 Å². The van der Waals surface area contributed by atoms with E-state index in [2.05, 4.69) is 10.3 Å². The van der Waals surface area contributed by atoms with E-state index in [1.54, 1.807) is 17.3 Å². The summed E-state index contributed by atoms with van der Waals surface area (Å²) in [4.78, 5) is 17.9. The number of ether oxygens (including phenoxy) is 1. The van der Waals surface area contributed by atoms with E-state index in [1.165, 1.54) is 5.56 Å². The van der Waals surface area contributed by atoms with E-state index in [-0.39, 0.29) is 18.6 Å². The van der Waals surface area contributed by atoms with Crippen molar-refractivity contribution in [3.8, 4) is 5.75 Å². The molecule has 0 spiro atoms. The van der Waals surface area contributed by atoms with E-state index >= 15 is 0 Å². The van der Waals surface area contributed by atoms with Crippen LogP contribution in [-0.2, 0) is 11.2 Å². The summed E-state index contributed by atoms with van der Waals surface area (Å²) in [5, 5.41) is 3.15. The number of pyridine rings is 1. The minimum Gasteiger partial charge on any atom is -0.491 e. The predicted molar refractivity (Wildman–Crippen MR) is 96.3 cm³/mol. The zero-order valence-corrected chi connectivity index (χ0v) is 14.5. The predicted octanol–water partition coefficient (Wildman–Crippen LogP) is 2.98. The number of likely N-dealkylation sites (N-methyl/N-ethyl adjacent to an activating group) is 1. The van der Waals surface area contributed by atoms with Crippen molar-refractivity contribution in [3.05, 3.63) is 54.4 Å². The number of rotatable bonds is 8. The zero-order valence-electron chi connectivity index (χ0n) is 14.5. The van der Waals surface area contributed by atoms with Gasteiger partial charge in [-0.3, -0.25) is 9.78 Å². The Hall–Kier alpha value is -2.56. The van der Waals surface area contributed by atoms with Gasteiger partial charge in [0.1, 0.15) is 5.75 Å². The molecular formula is C19H25N3O2. The van der Waals surface area contributed by atoms with Crippen LogP contribution >= 0.6 is 0 Å². The molecule has 5 nitrogen and oxygen atoms in total. The van der Waals surface area contributed by atoms with Gasteiger partial charge >= 0.3 is 0 Å². The fraction of sp³-hybridized carbons (Fsp3) is 0.368. The molecule has 1 aromatic heterocycles. The van der Waals surface area contributed by atoms with Crippen molar-refractivity contribution in [1.82, 2.24) is 9.88 Å². The first-order chi connectivity index (χ1) is 11.5.